The summed E-state index contributed by atoms with van der Waals surface area (Å²) < 4.78 is 0. The summed E-state index contributed by atoms with van der Waals surface area (Å²) in [5.74, 6) is 1.78. The van der Waals surface area contributed by atoms with Gasteiger partial charge in [-0.1, -0.05) is 58.0 Å². The van der Waals surface area contributed by atoms with Crippen LogP contribution in [-0.4, -0.2) is 33.1 Å². The average molecular weight is 435 g/mol. The summed E-state index contributed by atoms with van der Waals surface area (Å²) >= 11 is 0. The fourth-order valence-corrected chi connectivity index (χ4v) is 3.74. The quantitative estimate of drug-likeness (QED) is 0.645. The molecule has 1 aliphatic heterocycles. The number of carbonyl (C=O) groups is 2. The van der Waals surface area contributed by atoms with Crippen LogP contribution in [0.1, 0.15) is 58.6 Å². The lowest BCUT2D eigenvalue weighted by atomic mass is 9.83. The van der Waals surface area contributed by atoms with Crippen LogP contribution in [0.2, 0.25) is 0 Å². The van der Waals surface area contributed by atoms with Crippen molar-refractivity contribution in [1.29, 1.82) is 0 Å². The zero-order chi connectivity index (χ0) is 23.3. The van der Waals surface area contributed by atoms with E-state index in [1.807, 2.05) is 47.4 Å². The minimum Gasteiger partial charge on any atom is -0.310 e. The van der Waals surface area contributed by atoms with Crippen LogP contribution in [-0.2, 0) is 22.6 Å². The molecule has 1 aromatic carbocycles. The van der Waals surface area contributed by atoms with Gasteiger partial charge in [-0.3, -0.25) is 19.5 Å². The lowest BCUT2D eigenvalue weighted by molar-refractivity contribution is -0.130. The van der Waals surface area contributed by atoms with Crippen molar-refractivity contribution in [3.63, 3.8) is 0 Å². The molecule has 3 rings (SSSR count). The molecule has 0 aliphatic carbocycles. The van der Waals surface area contributed by atoms with Gasteiger partial charge in [0.2, 0.25) is 11.8 Å². The topological polar surface area (TPSA) is 74.7 Å². The number of hydrogen-bond donors (Lipinski definition) is 1. The van der Waals surface area contributed by atoms with E-state index in [0.717, 1.165) is 23.4 Å². The molecule has 0 saturated carbocycles. The highest BCUT2D eigenvalue weighted by Gasteiger charge is 2.40. The number of benzene rings is 1. The molecule has 2 atom stereocenters. The van der Waals surface area contributed by atoms with E-state index in [4.69, 9.17) is 4.99 Å². The molecule has 1 aliphatic rings. The molecule has 32 heavy (non-hydrogen) atoms. The highest BCUT2D eigenvalue weighted by atomic mass is 16.2. The van der Waals surface area contributed by atoms with Crippen molar-refractivity contribution < 1.29 is 9.59 Å². The lowest BCUT2D eigenvalue weighted by Crippen LogP contribution is -2.50. The van der Waals surface area contributed by atoms with Gasteiger partial charge in [0.15, 0.2) is 0 Å². The second-order valence-electron chi connectivity index (χ2n) is 9.21. The summed E-state index contributed by atoms with van der Waals surface area (Å²) in [6.45, 7) is 11.0. The van der Waals surface area contributed by atoms with Gasteiger partial charge in [-0.25, -0.2) is 4.98 Å². The van der Waals surface area contributed by atoms with Crippen LogP contribution in [0.3, 0.4) is 0 Å². The van der Waals surface area contributed by atoms with Crippen LogP contribution in [0.25, 0.3) is 0 Å². The summed E-state index contributed by atoms with van der Waals surface area (Å²) in [5.41, 5.74) is 1.48. The van der Waals surface area contributed by atoms with E-state index in [2.05, 4.69) is 44.9 Å². The molecular weight excluding hydrogens is 400 g/mol. The summed E-state index contributed by atoms with van der Waals surface area (Å²) in [5, 5.41) is 2.87. The van der Waals surface area contributed by atoms with Crippen molar-refractivity contribution in [2.24, 2.45) is 16.8 Å². The van der Waals surface area contributed by atoms with Crippen molar-refractivity contribution in [1.82, 2.24) is 9.88 Å². The van der Waals surface area contributed by atoms with Crippen LogP contribution < -0.4 is 5.32 Å². The van der Waals surface area contributed by atoms with Gasteiger partial charge in [0.25, 0.3) is 0 Å². The highest BCUT2D eigenvalue weighted by molar-refractivity contribution is 6.02. The number of nitrogens with zero attached hydrogens (tertiary/aromatic N) is 3. The van der Waals surface area contributed by atoms with Crippen molar-refractivity contribution in [2.75, 3.05) is 5.32 Å². The second-order valence-corrected chi connectivity index (χ2v) is 9.21. The van der Waals surface area contributed by atoms with Gasteiger partial charge in [-0.05, 0) is 42.5 Å². The molecule has 0 radical (unpaired) electrons. The Morgan fingerprint density at radius 3 is 2.53 bits per heavy atom. The van der Waals surface area contributed by atoms with Crippen LogP contribution >= 0.6 is 0 Å². The molecule has 1 aromatic heterocycles. The summed E-state index contributed by atoms with van der Waals surface area (Å²) in [7, 11) is 0. The van der Waals surface area contributed by atoms with Gasteiger partial charge in [0.1, 0.15) is 11.7 Å². The Kier molecular flexibility index (Phi) is 7.44. The molecular formula is C26H34N4O2. The maximum Gasteiger partial charge on any atom is 0.230 e. The number of pyridine rings is 1. The van der Waals surface area contributed by atoms with E-state index in [1.54, 1.807) is 6.20 Å². The summed E-state index contributed by atoms with van der Waals surface area (Å²) in [6, 6.07) is 13.3. The Balaban J connectivity index is 1.77. The molecule has 0 fully saturated rings. The van der Waals surface area contributed by atoms with Crippen LogP contribution in [0.4, 0.5) is 5.82 Å². The van der Waals surface area contributed by atoms with Gasteiger partial charge in [0.05, 0.1) is 24.9 Å². The predicted molar refractivity (Wildman–Crippen MR) is 128 cm³/mol. The van der Waals surface area contributed by atoms with Crippen LogP contribution in [0, 0.1) is 11.8 Å². The summed E-state index contributed by atoms with van der Waals surface area (Å²) in [4.78, 5) is 36.7. The first-order valence-corrected chi connectivity index (χ1v) is 11.4. The van der Waals surface area contributed by atoms with Crippen LogP contribution in [0.5, 0.6) is 0 Å². The number of rotatable bonds is 8. The van der Waals surface area contributed by atoms with E-state index in [1.165, 1.54) is 0 Å². The fourth-order valence-electron chi connectivity index (χ4n) is 3.74. The average Bonchev–Trinajstić information content (AvgIpc) is 2.75. The molecule has 0 bridgehead atoms. The molecule has 0 saturated heterocycles. The lowest BCUT2D eigenvalue weighted by Gasteiger charge is -2.40. The number of carbonyl (C=O) groups excluding carboxylic acids is 2. The minimum atomic E-state index is -0.374. The number of nitrogens with one attached hydrogen (secondary N) is 1. The van der Waals surface area contributed by atoms with E-state index in [9.17, 15) is 9.59 Å². The maximum atomic E-state index is 13.2. The van der Waals surface area contributed by atoms with E-state index in [-0.39, 0.29) is 35.6 Å². The molecule has 2 heterocycles. The third kappa shape index (κ3) is 5.61. The Morgan fingerprint density at radius 1 is 1.16 bits per heavy atom. The third-order valence-corrected chi connectivity index (χ3v) is 6.39. The number of amides is 2. The summed E-state index contributed by atoms with van der Waals surface area (Å²) in [6.07, 6.45) is 3.26. The number of anilines is 1. The Hall–Kier alpha value is -3.02. The van der Waals surface area contributed by atoms with E-state index in [0.29, 0.717) is 18.8 Å². The highest BCUT2D eigenvalue weighted by Crippen LogP contribution is 2.33. The molecule has 6 heteroatoms. The minimum absolute atomic E-state index is 0.0953. The van der Waals surface area contributed by atoms with Gasteiger partial charge < -0.3 is 5.32 Å². The van der Waals surface area contributed by atoms with Crippen molar-refractivity contribution in [2.45, 2.75) is 66.0 Å². The molecule has 170 valence electrons. The molecule has 1 N–H and O–H groups in total. The second kappa shape index (κ2) is 10.1. The zero-order valence-corrected chi connectivity index (χ0v) is 19.8. The first kappa shape index (κ1) is 23.6. The van der Waals surface area contributed by atoms with Gasteiger partial charge in [0, 0.05) is 12.1 Å². The molecule has 2 aromatic rings. The monoisotopic (exact) mass is 434 g/mol. The number of amidine groups is 1. The first-order chi connectivity index (χ1) is 15.2. The maximum absolute atomic E-state index is 13.2. The Bertz CT molecular complexity index is 986. The number of aliphatic imine (C=N–C) groups is 1. The standard InChI is InChI=1S/C26H34N4O2/c1-6-19(4)25-29-26(5,18(2)3)16-24(32)30(25)17-21-12-13-27-22(14-21)28-23(31)15-20-10-8-7-9-11-20/h7-14,18-19H,6,15-17H2,1-5H3,(H,27,28,31). The molecule has 2 amide bonds. The van der Waals surface area contributed by atoms with Gasteiger partial charge in [-0.15, -0.1) is 0 Å². The predicted octanol–water partition coefficient (Wildman–Crippen LogP) is 4.85. The van der Waals surface area contributed by atoms with E-state index >= 15 is 0 Å². The van der Waals surface area contributed by atoms with E-state index < -0.39 is 0 Å². The number of aromatic nitrogens is 1. The van der Waals surface area contributed by atoms with Gasteiger partial charge >= 0.3 is 0 Å². The third-order valence-electron chi connectivity index (χ3n) is 6.39. The first-order valence-electron chi connectivity index (χ1n) is 11.4. The smallest absolute Gasteiger partial charge is 0.230 e. The molecule has 0 spiro atoms. The SMILES string of the molecule is CCC(C)C1=NC(C)(C(C)C)CC(=O)N1Cc1ccnc(NC(=O)Cc2ccccc2)c1. The fraction of sp³-hybridized carbons (Fsp3) is 0.462. The molecule has 2 unspecified atom stereocenters. The van der Waals surface area contributed by atoms with Gasteiger partial charge in [-0.2, -0.15) is 0 Å². The molecule has 6 nitrogen and oxygen atoms in total. The van der Waals surface area contributed by atoms with Crippen molar-refractivity contribution >= 4 is 23.5 Å². The Labute approximate surface area is 191 Å². The largest absolute Gasteiger partial charge is 0.310 e. The van der Waals surface area contributed by atoms with Crippen molar-refractivity contribution in [3.8, 4) is 0 Å². The normalized spacial score (nSPS) is 19.6. The zero-order valence-electron chi connectivity index (χ0n) is 19.8. The van der Waals surface area contributed by atoms with Crippen LogP contribution in [0.15, 0.2) is 53.7 Å². The number of hydrogen-bond acceptors (Lipinski definition) is 4. The van der Waals surface area contributed by atoms with Crippen molar-refractivity contribution in [3.05, 3.63) is 59.8 Å². The Morgan fingerprint density at radius 2 is 1.88 bits per heavy atom.